The van der Waals surface area contributed by atoms with Crippen LogP contribution in [0.25, 0.3) is 0 Å². The van der Waals surface area contributed by atoms with Crippen LogP contribution >= 0.6 is 0 Å². The van der Waals surface area contributed by atoms with Gasteiger partial charge in [0, 0.05) is 6.54 Å². The maximum absolute atomic E-state index is 11.7. The van der Waals surface area contributed by atoms with E-state index in [4.69, 9.17) is 5.73 Å². The lowest BCUT2D eigenvalue weighted by molar-refractivity contribution is 0.440. The Kier molecular flexibility index (Phi) is 4.55. The van der Waals surface area contributed by atoms with Gasteiger partial charge in [0.25, 0.3) is 0 Å². The highest BCUT2D eigenvalue weighted by atomic mass is 32.2. The van der Waals surface area contributed by atoms with E-state index < -0.39 is 10.0 Å². The fourth-order valence-electron chi connectivity index (χ4n) is 2.75. The van der Waals surface area contributed by atoms with E-state index in [0.29, 0.717) is 11.6 Å². The first-order valence-electron chi connectivity index (χ1n) is 7.01. The van der Waals surface area contributed by atoms with Crippen LogP contribution in [0.2, 0.25) is 0 Å². The lowest BCUT2D eigenvalue weighted by atomic mass is 9.98. The molecule has 1 aromatic rings. The summed E-state index contributed by atoms with van der Waals surface area (Å²) in [6.07, 6.45) is 3.84. The number of nitrogens with two attached hydrogens (primary N) is 1. The first kappa shape index (κ1) is 15.1. The molecule has 0 radical (unpaired) electrons. The maximum atomic E-state index is 11.7. The van der Waals surface area contributed by atoms with Crippen LogP contribution in [0.3, 0.4) is 0 Å². The van der Waals surface area contributed by atoms with Crippen molar-refractivity contribution in [1.29, 1.82) is 0 Å². The fraction of sp³-hybridized carbons (Fsp3) is 0.571. The van der Waals surface area contributed by atoms with Gasteiger partial charge in [-0.25, -0.2) is 13.1 Å². The second-order valence-electron chi connectivity index (χ2n) is 5.51. The smallest absolute Gasteiger partial charge is 0.240 e. The molecule has 1 aliphatic carbocycles. The Morgan fingerprint density at radius 1 is 1.35 bits per heavy atom. The van der Waals surface area contributed by atoms with Gasteiger partial charge in [0.1, 0.15) is 0 Å². The minimum atomic E-state index is -3.43. The minimum Gasteiger partial charge on any atom is -0.397 e. The topological polar surface area (TPSA) is 84.2 Å². The highest BCUT2D eigenvalue weighted by Crippen LogP contribution is 2.32. The average molecular weight is 297 g/mol. The van der Waals surface area contributed by atoms with Crippen molar-refractivity contribution in [1.82, 2.24) is 4.72 Å². The summed E-state index contributed by atoms with van der Waals surface area (Å²) < 4.78 is 25.7. The van der Waals surface area contributed by atoms with E-state index in [-0.39, 0.29) is 4.90 Å². The molecule has 2 rings (SSSR count). The van der Waals surface area contributed by atoms with Gasteiger partial charge in [-0.15, -0.1) is 0 Å². The summed E-state index contributed by atoms with van der Waals surface area (Å²) in [5, 5.41) is 3.34. The zero-order valence-corrected chi connectivity index (χ0v) is 12.8. The molecule has 1 saturated carbocycles. The minimum absolute atomic E-state index is 0.192. The van der Waals surface area contributed by atoms with Crippen molar-refractivity contribution < 1.29 is 8.42 Å². The van der Waals surface area contributed by atoms with Crippen molar-refractivity contribution in [2.75, 3.05) is 24.6 Å². The SMILES string of the molecule is CNS(=O)(=O)c1ccc(NCC2CCCC2C)c(N)c1. The highest BCUT2D eigenvalue weighted by Gasteiger charge is 2.23. The molecule has 1 aliphatic rings. The highest BCUT2D eigenvalue weighted by molar-refractivity contribution is 7.89. The molecule has 0 saturated heterocycles. The Morgan fingerprint density at radius 2 is 2.10 bits per heavy atom. The third kappa shape index (κ3) is 3.24. The molecule has 0 bridgehead atoms. The summed E-state index contributed by atoms with van der Waals surface area (Å²) in [6.45, 7) is 3.18. The van der Waals surface area contributed by atoms with Crippen LogP contribution in [0.15, 0.2) is 23.1 Å². The largest absolute Gasteiger partial charge is 0.397 e. The summed E-state index contributed by atoms with van der Waals surface area (Å²) in [4.78, 5) is 0.192. The van der Waals surface area contributed by atoms with Gasteiger partial charge in [-0.3, -0.25) is 0 Å². The molecule has 1 fully saturated rings. The molecule has 0 spiro atoms. The van der Waals surface area contributed by atoms with Crippen molar-refractivity contribution in [2.24, 2.45) is 11.8 Å². The zero-order chi connectivity index (χ0) is 14.8. The van der Waals surface area contributed by atoms with E-state index in [9.17, 15) is 8.42 Å². The van der Waals surface area contributed by atoms with Crippen molar-refractivity contribution >= 4 is 21.4 Å². The summed E-state index contributed by atoms with van der Waals surface area (Å²) >= 11 is 0. The maximum Gasteiger partial charge on any atom is 0.240 e. The van der Waals surface area contributed by atoms with Gasteiger partial charge in [-0.1, -0.05) is 19.8 Å². The normalized spacial score (nSPS) is 22.9. The molecule has 20 heavy (non-hydrogen) atoms. The summed E-state index contributed by atoms with van der Waals surface area (Å²) in [6, 6.07) is 4.80. The summed E-state index contributed by atoms with van der Waals surface area (Å²) in [5.41, 5.74) is 7.21. The molecule has 0 heterocycles. The monoisotopic (exact) mass is 297 g/mol. The fourth-order valence-corrected chi connectivity index (χ4v) is 3.52. The van der Waals surface area contributed by atoms with E-state index in [0.717, 1.165) is 18.2 Å². The zero-order valence-electron chi connectivity index (χ0n) is 12.0. The molecule has 1 aromatic carbocycles. The summed E-state index contributed by atoms with van der Waals surface area (Å²) in [5.74, 6) is 1.42. The van der Waals surface area contributed by atoms with Gasteiger partial charge in [-0.05, 0) is 43.5 Å². The lowest BCUT2D eigenvalue weighted by Crippen LogP contribution is -2.19. The third-order valence-electron chi connectivity index (χ3n) is 4.20. The van der Waals surface area contributed by atoms with E-state index in [1.807, 2.05) is 0 Å². The van der Waals surface area contributed by atoms with Crippen molar-refractivity contribution in [2.45, 2.75) is 31.1 Å². The van der Waals surface area contributed by atoms with Crippen LogP contribution in [-0.4, -0.2) is 22.0 Å². The van der Waals surface area contributed by atoms with Crippen molar-refractivity contribution in [3.05, 3.63) is 18.2 Å². The van der Waals surface area contributed by atoms with Gasteiger partial charge in [-0.2, -0.15) is 0 Å². The molecule has 2 atom stereocenters. The quantitative estimate of drug-likeness (QED) is 0.726. The molecule has 6 heteroatoms. The van der Waals surface area contributed by atoms with E-state index in [1.54, 1.807) is 12.1 Å². The van der Waals surface area contributed by atoms with E-state index in [2.05, 4.69) is 17.0 Å². The van der Waals surface area contributed by atoms with Crippen LogP contribution in [-0.2, 0) is 10.0 Å². The average Bonchev–Trinajstić information content (AvgIpc) is 2.83. The van der Waals surface area contributed by atoms with E-state index in [1.165, 1.54) is 32.4 Å². The Labute approximate surface area is 121 Å². The van der Waals surface area contributed by atoms with Crippen LogP contribution in [0.4, 0.5) is 11.4 Å². The number of benzene rings is 1. The molecule has 112 valence electrons. The molecule has 2 unspecified atom stereocenters. The van der Waals surface area contributed by atoms with Crippen molar-refractivity contribution in [3.8, 4) is 0 Å². The van der Waals surface area contributed by atoms with Gasteiger partial charge < -0.3 is 11.1 Å². The molecule has 0 aromatic heterocycles. The number of anilines is 2. The third-order valence-corrected chi connectivity index (χ3v) is 5.61. The first-order chi connectivity index (χ1) is 9.44. The molecule has 5 nitrogen and oxygen atoms in total. The number of hydrogen-bond acceptors (Lipinski definition) is 4. The van der Waals surface area contributed by atoms with Crippen LogP contribution in [0, 0.1) is 11.8 Å². The number of rotatable bonds is 5. The Bertz CT molecular complexity index is 572. The van der Waals surface area contributed by atoms with Gasteiger partial charge in [0.2, 0.25) is 10.0 Å². The predicted octanol–water partition coefficient (Wildman–Crippen LogP) is 2.02. The van der Waals surface area contributed by atoms with Gasteiger partial charge in [0.15, 0.2) is 0 Å². The number of nitrogens with one attached hydrogen (secondary N) is 2. The van der Waals surface area contributed by atoms with Crippen LogP contribution in [0.5, 0.6) is 0 Å². The van der Waals surface area contributed by atoms with Crippen LogP contribution in [0.1, 0.15) is 26.2 Å². The molecule has 0 aliphatic heterocycles. The Hall–Kier alpha value is -1.27. The standard InChI is InChI=1S/C14H23N3O2S/c1-10-4-3-5-11(10)9-17-14-7-6-12(8-13(14)15)20(18,19)16-2/h6-8,10-11,16-17H,3-5,9,15H2,1-2H3. The second-order valence-corrected chi connectivity index (χ2v) is 7.39. The number of nitrogen functional groups attached to an aromatic ring is 1. The second kappa shape index (κ2) is 6.01. The first-order valence-corrected chi connectivity index (χ1v) is 8.49. The number of sulfonamides is 1. The predicted molar refractivity (Wildman–Crippen MR) is 82.1 cm³/mol. The summed E-state index contributed by atoms with van der Waals surface area (Å²) in [7, 11) is -2.05. The molecule has 4 N–H and O–H groups in total. The van der Waals surface area contributed by atoms with Gasteiger partial charge in [0.05, 0.1) is 16.3 Å². The van der Waals surface area contributed by atoms with Crippen molar-refractivity contribution in [3.63, 3.8) is 0 Å². The Balaban J connectivity index is 2.06. The Morgan fingerprint density at radius 3 is 2.65 bits per heavy atom. The van der Waals surface area contributed by atoms with E-state index >= 15 is 0 Å². The molecule has 0 amide bonds. The van der Waals surface area contributed by atoms with Crippen LogP contribution < -0.4 is 15.8 Å². The lowest BCUT2D eigenvalue weighted by Gasteiger charge is -2.18. The molecular formula is C14H23N3O2S. The molecular weight excluding hydrogens is 274 g/mol. The number of hydrogen-bond donors (Lipinski definition) is 3. The van der Waals surface area contributed by atoms with Gasteiger partial charge >= 0.3 is 0 Å².